The van der Waals surface area contributed by atoms with Gasteiger partial charge >= 0.3 is 5.63 Å². The number of hydrogen-bond donors (Lipinski definition) is 1. The Morgan fingerprint density at radius 1 is 1.06 bits per heavy atom. The second kappa shape index (κ2) is 10.3. The van der Waals surface area contributed by atoms with Crippen molar-refractivity contribution in [2.45, 2.75) is 26.7 Å². The van der Waals surface area contributed by atoms with Gasteiger partial charge in [-0.05, 0) is 64.2 Å². The van der Waals surface area contributed by atoms with Gasteiger partial charge in [-0.15, -0.1) is 0 Å². The SMILES string of the molecule is Cc1c(Cc2ccccc2)c(=O)oc2c(C)c(OCC(=O)NCCCN(C)C)ccc12. The molecule has 3 rings (SSSR count). The molecule has 0 saturated heterocycles. The Morgan fingerprint density at radius 2 is 1.81 bits per heavy atom. The first-order valence-electron chi connectivity index (χ1n) is 10.5. The predicted octanol–water partition coefficient (Wildman–Crippen LogP) is 3.45. The molecule has 0 unspecified atom stereocenters. The van der Waals surface area contributed by atoms with Crippen molar-refractivity contribution in [2.24, 2.45) is 0 Å². The van der Waals surface area contributed by atoms with Gasteiger partial charge < -0.3 is 19.4 Å². The van der Waals surface area contributed by atoms with Crippen LogP contribution in [-0.4, -0.2) is 44.6 Å². The number of benzene rings is 2. The first kappa shape index (κ1) is 22.6. The van der Waals surface area contributed by atoms with E-state index in [0.717, 1.165) is 29.5 Å². The molecule has 2 aromatic carbocycles. The number of carbonyl (C=O) groups is 1. The molecule has 1 heterocycles. The maximum Gasteiger partial charge on any atom is 0.340 e. The van der Waals surface area contributed by atoms with Crippen molar-refractivity contribution < 1.29 is 13.9 Å². The Balaban J connectivity index is 1.74. The molecule has 0 saturated carbocycles. The normalized spacial score (nSPS) is 11.1. The number of hydrogen-bond acceptors (Lipinski definition) is 5. The van der Waals surface area contributed by atoms with Crippen molar-refractivity contribution in [3.63, 3.8) is 0 Å². The number of amides is 1. The number of aryl methyl sites for hydroxylation is 2. The molecule has 0 bridgehead atoms. The number of fused-ring (bicyclic) bond motifs is 1. The summed E-state index contributed by atoms with van der Waals surface area (Å²) < 4.78 is 11.4. The third-order valence-corrected chi connectivity index (χ3v) is 5.34. The van der Waals surface area contributed by atoms with Gasteiger partial charge in [-0.1, -0.05) is 30.3 Å². The van der Waals surface area contributed by atoms with Crippen LogP contribution < -0.4 is 15.7 Å². The molecular formula is C25H30N2O4. The lowest BCUT2D eigenvalue weighted by atomic mass is 9.98. The number of rotatable bonds is 9. The van der Waals surface area contributed by atoms with E-state index < -0.39 is 0 Å². The van der Waals surface area contributed by atoms with Crippen LogP contribution >= 0.6 is 0 Å². The highest BCUT2D eigenvalue weighted by atomic mass is 16.5. The first-order chi connectivity index (χ1) is 14.9. The lowest BCUT2D eigenvalue weighted by Crippen LogP contribution is -2.31. The zero-order chi connectivity index (χ0) is 22.4. The van der Waals surface area contributed by atoms with E-state index in [1.54, 1.807) is 0 Å². The Morgan fingerprint density at radius 3 is 2.52 bits per heavy atom. The molecular weight excluding hydrogens is 392 g/mol. The smallest absolute Gasteiger partial charge is 0.340 e. The lowest BCUT2D eigenvalue weighted by molar-refractivity contribution is -0.123. The maximum absolute atomic E-state index is 12.7. The van der Waals surface area contributed by atoms with Crippen LogP contribution in [0, 0.1) is 13.8 Å². The van der Waals surface area contributed by atoms with Gasteiger partial charge in [-0.25, -0.2) is 4.79 Å². The molecule has 31 heavy (non-hydrogen) atoms. The molecule has 1 aromatic heterocycles. The van der Waals surface area contributed by atoms with Crippen molar-refractivity contribution in [3.8, 4) is 5.75 Å². The number of ether oxygens (including phenoxy) is 1. The molecule has 0 aliphatic heterocycles. The predicted molar refractivity (Wildman–Crippen MR) is 123 cm³/mol. The van der Waals surface area contributed by atoms with Crippen molar-refractivity contribution in [1.82, 2.24) is 10.2 Å². The molecule has 1 amide bonds. The lowest BCUT2D eigenvalue weighted by Gasteiger charge is -2.14. The van der Waals surface area contributed by atoms with Gasteiger partial charge in [-0.3, -0.25) is 4.79 Å². The summed E-state index contributed by atoms with van der Waals surface area (Å²) in [5.74, 6) is 0.364. The van der Waals surface area contributed by atoms with E-state index in [2.05, 4.69) is 10.2 Å². The number of nitrogens with zero attached hydrogens (tertiary/aromatic N) is 1. The fourth-order valence-electron chi connectivity index (χ4n) is 3.55. The Bertz CT molecular complexity index is 1100. The highest BCUT2D eigenvalue weighted by molar-refractivity contribution is 5.86. The van der Waals surface area contributed by atoms with Crippen LogP contribution in [0.1, 0.15) is 28.7 Å². The summed E-state index contributed by atoms with van der Waals surface area (Å²) in [6.45, 7) is 5.22. The fraction of sp³-hybridized carbons (Fsp3) is 0.360. The van der Waals surface area contributed by atoms with Gasteiger partial charge in [0.25, 0.3) is 5.91 Å². The maximum atomic E-state index is 12.7. The highest BCUT2D eigenvalue weighted by Gasteiger charge is 2.16. The molecule has 6 heteroatoms. The zero-order valence-electron chi connectivity index (χ0n) is 18.7. The minimum Gasteiger partial charge on any atom is -0.483 e. The van der Waals surface area contributed by atoms with Crippen LogP contribution in [0.2, 0.25) is 0 Å². The second-order valence-corrected chi connectivity index (χ2v) is 8.02. The molecule has 0 atom stereocenters. The zero-order valence-corrected chi connectivity index (χ0v) is 18.7. The van der Waals surface area contributed by atoms with Crippen LogP contribution in [0.4, 0.5) is 0 Å². The third-order valence-electron chi connectivity index (χ3n) is 5.34. The standard InChI is InChI=1S/C25H30N2O4/c1-17-20-11-12-22(30-16-23(28)26-13-8-14-27(3)4)18(2)24(20)31-25(29)21(17)15-19-9-6-5-7-10-19/h5-7,9-12H,8,13-16H2,1-4H3,(H,26,28). The average Bonchev–Trinajstić information content (AvgIpc) is 2.75. The quantitative estimate of drug-likeness (QED) is 0.422. The van der Waals surface area contributed by atoms with Crippen LogP contribution in [0.25, 0.3) is 11.0 Å². The van der Waals surface area contributed by atoms with Crippen molar-refractivity contribution in [2.75, 3.05) is 33.8 Å². The van der Waals surface area contributed by atoms with E-state index in [4.69, 9.17) is 9.15 Å². The third kappa shape index (κ3) is 5.73. The van der Waals surface area contributed by atoms with Crippen LogP contribution in [0.15, 0.2) is 51.7 Å². The van der Waals surface area contributed by atoms with Crippen molar-refractivity contribution in [1.29, 1.82) is 0 Å². The van der Waals surface area contributed by atoms with Crippen molar-refractivity contribution in [3.05, 3.63) is 75.1 Å². The summed E-state index contributed by atoms with van der Waals surface area (Å²) in [6.07, 6.45) is 1.40. The summed E-state index contributed by atoms with van der Waals surface area (Å²) in [7, 11) is 4.00. The largest absolute Gasteiger partial charge is 0.483 e. The molecule has 3 aromatic rings. The Labute approximate surface area is 182 Å². The van der Waals surface area contributed by atoms with E-state index in [1.807, 2.05) is 70.4 Å². The van der Waals surface area contributed by atoms with Crippen molar-refractivity contribution >= 4 is 16.9 Å². The van der Waals surface area contributed by atoms with E-state index in [1.165, 1.54) is 0 Å². The van der Waals surface area contributed by atoms with E-state index in [9.17, 15) is 9.59 Å². The van der Waals surface area contributed by atoms with Gasteiger partial charge in [0.15, 0.2) is 6.61 Å². The highest BCUT2D eigenvalue weighted by Crippen LogP contribution is 2.30. The molecule has 0 spiro atoms. The summed E-state index contributed by atoms with van der Waals surface area (Å²) >= 11 is 0. The minimum atomic E-state index is -0.340. The van der Waals surface area contributed by atoms with Gasteiger partial charge in [0.05, 0.1) is 0 Å². The van der Waals surface area contributed by atoms with E-state index in [0.29, 0.717) is 35.4 Å². The van der Waals surface area contributed by atoms with Gasteiger partial charge in [0.2, 0.25) is 0 Å². The molecule has 164 valence electrons. The second-order valence-electron chi connectivity index (χ2n) is 8.02. The van der Waals surface area contributed by atoms with E-state index >= 15 is 0 Å². The summed E-state index contributed by atoms with van der Waals surface area (Å²) in [5.41, 5.74) is 3.50. The van der Waals surface area contributed by atoms with Crippen LogP contribution in [0.3, 0.4) is 0 Å². The summed E-state index contributed by atoms with van der Waals surface area (Å²) in [6, 6.07) is 13.6. The Kier molecular flexibility index (Phi) is 7.47. The average molecular weight is 423 g/mol. The number of nitrogens with one attached hydrogen (secondary N) is 1. The fourth-order valence-corrected chi connectivity index (χ4v) is 3.55. The van der Waals surface area contributed by atoms with Gasteiger partial charge in [0.1, 0.15) is 11.3 Å². The minimum absolute atomic E-state index is 0.0797. The first-order valence-corrected chi connectivity index (χ1v) is 10.5. The molecule has 0 fully saturated rings. The molecule has 0 aliphatic carbocycles. The summed E-state index contributed by atoms with van der Waals surface area (Å²) in [4.78, 5) is 26.8. The van der Waals surface area contributed by atoms with Crippen LogP contribution in [-0.2, 0) is 11.2 Å². The number of carbonyl (C=O) groups excluding carboxylic acids is 1. The van der Waals surface area contributed by atoms with E-state index in [-0.39, 0.29) is 18.1 Å². The Hall–Kier alpha value is -3.12. The molecule has 0 aliphatic rings. The molecule has 6 nitrogen and oxygen atoms in total. The topological polar surface area (TPSA) is 71.8 Å². The van der Waals surface area contributed by atoms with Gasteiger partial charge in [-0.2, -0.15) is 0 Å². The monoisotopic (exact) mass is 422 g/mol. The van der Waals surface area contributed by atoms with Gasteiger partial charge in [0, 0.05) is 29.5 Å². The van der Waals surface area contributed by atoms with Crippen LogP contribution in [0.5, 0.6) is 5.75 Å². The molecule has 0 radical (unpaired) electrons. The summed E-state index contributed by atoms with van der Waals surface area (Å²) in [5, 5.41) is 3.73. The molecule has 1 N–H and O–H groups in total.